The third kappa shape index (κ3) is 4.10. The molecular weight excluding hydrogens is 256 g/mol. The van der Waals surface area contributed by atoms with Crippen LogP contribution in [-0.2, 0) is 0 Å². The summed E-state index contributed by atoms with van der Waals surface area (Å²) in [6.45, 7) is 6.23. The lowest BCUT2D eigenvalue weighted by molar-refractivity contribution is 0.0774. The number of hydrogen-bond donors (Lipinski definition) is 1. The summed E-state index contributed by atoms with van der Waals surface area (Å²) in [6.07, 6.45) is 17.4. The maximum absolute atomic E-state index is 3.90. The lowest BCUT2D eigenvalue weighted by atomic mass is 9.82. The quantitative estimate of drug-likeness (QED) is 0.788. The highest BCUT2D eigenvalue weighted by Gasteiger charge is 2.32. The van der Waals surface area contributed by atoms with Crippen LogP contribution in [0.15, 0.2) is 12.2 Å². The van der Waals surface area contributed by atoms with Crippen molar-refractivity contribution < 1.29 is 0 Å². The standard InChI is InChI=1S/C19H34N2/c1-2-18-13-20-19(17-11-7-4-8-12-17)15-21(18)14-16-9-5-3-6-10-16/h3,5,16-20H,2,4,6-15H2,1H3. The van der Waals surface area contributed by atoms with Crippen LogP contribution in [0.1, 0.15) is 64.7 Å². The average Bonchev–Trinajstić information content (AvgIpc) is 2.56. The minimum absolute atomic E-state index is 0.771. The first-order valence-corrected chi connectivity index (χ1v) is 9.49. The van der Waals surface area contributed by atoms with Crippen molar-refractivity contribution in [3.8, 4) is 0 Å². The van der Waals surface area contributed by atoms with Crippen LogP contribution in [0.2, 0.25) is 0 Å². The molecule has 21 heavy (non-hydrogen) atoms. The topological polar surface area (TPSA) is 15.3 Å². The molecule has 3 rings (SSSR count). The largest absolute Gasteiger partial charge is 0.311 e. The van der Waals surface area contributed by atoms with Crippen molar-refractivity contribution in [1.82, 2.24) is 10.2 Å². The molecule has 2 aliphatic carbocycles. The molecule has 1 aliphatic heterocycles. The van der Waals surface area contributed by atoms with Gasteiger partial charge in [0.15, 0.2) is 0 Å². The number of piperazine rings is 1. The summed E-state index contributed by atoms with van der Waals surface area (Å²) in [6, 6.07) is 1.54. The molecule has 3 atom stereocenters. The smallest absolute Gasteiger partial charge is 0.0224 e. The van der Waals surface area contributed by atoms with Crippen molar-refractivity contribution >= 4 is 0 Å². The van der Waals surface area contributed by atoms with E-state index < -0.39 is 0 Å². The molecule has 0 spiro atoms. The first-order chi connectivity index (χ1) is 10.4. The Hall–Kier alpha value is -0.340. The average molecular weight is 290 g/mol. The zero-order chi connectivity index (χ0) is 14.5. The van der Waals surface area contributed by atoms with E-state index in [2.05, 4.69) is 29.3 Å². The van der Waals surface area contributed by atoms with Crippen LogP contribution in [0.25, 0.3) is 0 Å². The summed E-state index contributed by atoms with van der Waals surface area (Å²) in [5.74, 6) is 1.86. The van der Waals surface area contributed by atoms with Gasteiger partial charge in [0.25, 0.3) is 0 Å². The van der Waals surface area contributed by atoms with E-state index >= 15 is 0 Å². The summed E-state index contributed by atoms with van der Waals surface area (Å²) in [5.41, 5.74) is 0. The first-order valence-electron chi connectivity index (χ1n) is 9.49. The normalized spacial score (nSPS) is 36.0. The number of rotatable bonds is 4. The van der Waals surface area contributed by atoms with Gasteiger partial charge in [-0.1, -0.05) is 38.3 Å². The molecule has 1 saturated carbocycles. The van der Waals surface area contributed by atoms with Crippen LogP contribution in [0.3, 0.4) is 0 Å². The van der Waals surface area contributed by atoms with Crippen molar-refractivity contribution in [3.05, 3.63) is 12.2 Å². The lowest BCUT2D eigenvalue weighted by Crippen LogP contribution is -2.59. The van der Waals surface area contributed by atoms with Gasteiger partial charge in [0, 0.05) is 31.7 Å². The highest BCUT2D eigenvalue weighted by molar-refractivity contribution is 4.94. The molecule has 2 nitrogen and oxygen atoms in total. The number of nitrogens with zero attached hydrogens (tertiary/aromatic N) is 1. The molecule has 0 amide bonds. The zero-order valence-corrected chi connectivity index (χ0v) is 13.9. The Bertz CT molecular complexity index is 332. The molecule has 120 valence electrons. The highest BCUT2D eigenvalue weighted by atomic mass is 15.2. The van der Waals surface area contributed by atoms with E-state index in [0.717, 1.165) is 23.9 Å². The fourth-order valence-corrected chi connectivity index (χ4v) is 4.71. The summed E-state index contributed by atoms with van der Waals surface area (Å²) in [7, 11) is 0. The number of hydrogen-bond acceptors (Lipinski definition) is 2. The van der Waals surface area contributed by atoms with Crippen LogP contribution in [-0.4, -0.2) is 36.6 Å². The molecule has 3 aliphatic rings. The van der Waals surface area contributed by atoms with Crippen molar-refractivity contribution in [1.29, 1.82) is 0 Å². The maximum Gasteiger partial charge on any atom is 0.0224 e. The molecule has 3 unspecified atom stereocenters. The van der Waals surface area contributed by atoms with E-state index in [9.17, 15) is 0 Å². The Morgan fingerprint density at radius 1 is 1.10 bits per heavy atom. The third-order valence-electron chi connectivity index (χ3n) is 6.12. The van der Waals surface area contributed by atoms with Crippen LogP contribution in [0.4, 0.5) is 0 Å². The monoisotopic (exact) mass is 290 g/mol. The number of nitrogens with one attached hydrogen (secondary N) is 1. The third-order valence-corrected chi connectivity index (χ3v) is 6.12. The molecular formula is C19H34N2. The van der Waals surface area contributed by atoms with Gasteiger partial charge in [0.2, 0.25) is 0 Å². The second-order valence-electron chi connectivity index (χ2n) is 7.58. The Balaban J connectivity index is 1.56. The van der Waals surface area contributed by atoms with Crippen molar-refractivity contribution in [3.63, 3.8) is 0 Å². The van der Waals surface area contributed by atoms with Crippen LogP contribution in [0.5, 0.6) is 0 Å². The molecule has 0 aromatic heterocycles. The van der Waals surface area contributed by atoms with Crippen LogP contribution >= 0.6 is 0 Å². The van der Waals surface area contributed by atoms with Gasteiger partial charge in [-0.25, -0.2) is 0 Å². The van der Waals surface area contributed by atoms with Crippen molar-refractivity contribution in [2.45, 2.75) is 76.8 Å². The van der Waals surface area contributed by atoms with E-state index in [-0.39, 0.29) is 0 Å². The minimum Gasteiger partial charge on any atom is -0.311 e. The van der Waals surface area contributed by atoms with E-state index in [1.54, 1.807) is 0 Å². The first kappa shape index (κ1) is 15.6. The van der Waals surface area contributed by atoms with E-state index in [1.165, 1.54) is 77.4 Å². The van der Waals surface area contributed by atoms with Crippen molar-refractivity contribution in [2.75, 3.05) is 19.6 Å². The van der Waals surface area contributed by atoms with Gasteiger partial charge < -0.3 is 5.32 Å². The Morgan fingerprint density at radius 3 is 2.67 bits per heavy atom. The van der Waals surface area contributed by atoms with Gasteiger partial charge in [-0.05, 0) is 50.4 Å². The molecule has 1 N–H and O–H groups in total. The Kier molecular flexibility index (Phi) is 5.76. The van der Waals surface area contributed by atoms with Crippen molar-refractivity contribution in [2.24, 2.45) is 11.8 Å². The molecule has 0 aromatic carbocycles. The summed E-state index contributed by atoms with van der Waals surface area (Å²) in [5, 5.41) is 3.90. The summed E-state index contributed by atoms with van der Waals surface area (Å²) >= 11 is 0. The summed E-state index contributed by atoms with van der Waals surface area (Å²) < 4.78 is 0. The summed E-state index contributed by atoms with van der Waals surface area (Å²) in [4.78, 5) is 2.85. The molecule has 0 radical (unpaired) electrons. The van der Waals surface area contributed by atoms with Gasteiger partial charge in [0.1, 0.15) is 0 Å². The fraction of sp³-hybridized carbons (Fsp3) is 0.895. The molecule has 2 heteroatoms. The predicted octanol–water partition coefficient (Wildman–Crippen LogP) is 3.98. The molecule has 1 heterocycles. The fourth-order valence-electron chi connectivity index (χ4n) is 4.71. The molecule has 1 saturated heterocycles. The van der Waals surface area contributed by atoms with Crippen LogP contribution < -0.4 is 5.32 Å². The zero-order valence-electron chi connectivity index (χ0n) is 13.9. The molecule has 2 fully saturated rings. The predicted molar refractivity (Wildman–Crippen MR) is 90.5 cm³/mol. The van der Waals surface area contributed by atoms with Gasteiger partial charge in [-0.3, -0.25) is 4.90 Å². The van der Waals surface area contributed by atoms with Gasteiger partial charge in [-0.15, -0.1) is 0 Å². The van der Waals surface area contributed by atoms with E-state index in [4.69, 9.17) is 0 Å². The van der Waals surface area contributed by atoms with Crippen LogP contribution in [0, 0.1) is 11.8 Å². The lowest BCUT2D eigenvalue weighted by Gasteiger charge is -2.45. The Labute approximate surface area is 131 Å². The van der Waals surface area contributed by atoms with Gasteiger partial charge >= 0.3 is 0 Å². The second kappa shape index (κ2) is 7.78. The Morgan fingerprint density at radius 2 is 1.95 bits per heavy atom. The van der Waals surface area contributed by atoms with E-state index in [1.807, 2.05) is 0 Å². The SMILES string of the molecule is CCC1CNC(C2CCCCC2)CN1CC1CC=CCC1. The number of allylic oxidation sites excluding steroid dienone is 2. The highest BCUT2D eigenvalue weighted by Crippen LogP contribution is 2.29. The second-order valence-corrected chi connectivity index (χ2v) is 7.58. The molecule has 0 aromatic rings. The minimum atomic E-state index is 0.771. The maximum atomic E-state index is 3.90. The van der Waals surface area contributed by atoms with E-state index in [0.29, 0.717) is 0 Å². The molecule has 0 bridgehead atoms. The van der Waals surface area contributed by atoms with Gasteiger partial charge in [-0.2, -0.15) is 0 Å². The van der Waals surface area contributed by atoms with Gasteiger partial charge in [0.05, 0.1) is 0 Å².